The third-order valence-electron chi connectivity index (χ3n) is 3.88. The summed E-state index contributed by atoms with van der Waals surface area (Å²) in [7, 11) is 0. The fourth-order valence-corrected chi connectivity index (χ4v) is 2.94. The molecular weight excluding hydrogens is 426 g/mol. The van der Waals surface area contributed by atoms with Crippen molar-refractivity contribution in [1.29, 1.82) is 0 Å². The number of thiol groups is 2. The van der Waals surface area contributed by atoms with E-state index in [-0.39, 0.29) is 19.5 Å². The van der Waals surface area contributed by atoms with E-state index >= 15 is 0 Å². The molecule has 0 aliphatic carbocycles. The molecule has 0 aliphatic heterocycles. The molecular formula is C20H18N4S2Zn. The van der Waals surface area contributed by atoms with Crippen molar-refractivity contribution in [2.75, 3.05) is 0 Å². The molecule has 0 atom stereocenters. The topological polar surface area (TPSA) is 54.0 Å². The van der Waals surface area contributed by atoms with Gasteiger partial charge < -0.3 is 19.9 Å². The molecule has 0 N–H and O–H groups in total. The van der Waals surface area contributed by atoms with Gasteiger partial charge in [0.05, 0.1) is 0 Å². The van der Waals surface area contributed by atoms with Crippen molar-refractivity contribution in [3.05, 3.63) is 72.3 Å². The molecule has 4 nitrogen and oxygen atoms in total. The van der Waals surface area contributed by atoms with Crippen molar-refractivity contribution in [1.82, 2.24) is 19.9 Å². The maximum atomic E-state index is 4.42. The van der Waals surface area contributed by atoms with Gasteiger partial charge in [0.15, 0.2) is 0 Å². The Balaban J connectivity index is 0.000000187. The molecule has 27 heavy (non-hydrogen) atoms. The van der Waals surface area contributed by atoms with Crippen LogP contribution >= 0.6 is 25.3 Å². The summed E-state index contributed by atoms with van der Waals surface area (Å²) in [6.07, 6.45) is 6.74. The first-order chi connectivity index (χ1) is 12.6. The van der Waals surface area contributed by atoms with Gasteiger partial charge in [-0.1, -0.05) is 72.8 Å². The molecule has 2 heterocycles. The van der Waals surface area contributed by atoms with Crippen molar-refractivity contribution in [3.8, 4) is 22.8 Å². The largest absolute Gasteiger partial charge is 2.00 e. The molecule has 0 fully saturated rings. The van der Waals surface area contributed by atoms with Crippen molar-refractivity contribution in [2.45, 2.75) is 23.6 Å². The molecule has 0 radical (unpaired) electrons. The molecule has 7 heteroatoms. The Morgan fingerprint density at radius 3 is 1.44 bits per heavy atom. The molecule has 0 spiro atoms. The average molecular weight is 444 g/mol. The van der Waals surface area contributed by atoms with Crippen molar-refractivity contribution < 1.29 is 19.5 Å². The molecule has 4 rings (SSSR count). The Hall–Kier alpha value is -1.82. The van der Waals surface area contributed by atoms with Crippen molar-refractivity contribution >= 4 is 25.3 Å². The zero-order valence-electron chi connectivity index (χ0n) is 15.2. The fraction of sp³-hybridized carbons (Fsp3) is 0.100. The second-order valence-corrected chi connectivity index (χ2v) is 6.60. The van der Waals surface area contributed by atoms with Gasteiger partial charge >= 0.3 is 19.5 Å². The number of hydrogen-bond donors (Lipinski definition) is 2. The zero-order valence-corrected chi connectivity index (χ0v) is 19.9. The van der Waals surface area contributed by atoms with Crippen LogP contribution in [-0.4, -0.2) is 9.97 Å². The third-order valence-corrected chi connectivity index (χ3v) is 5.07. The summed E-state index contributed by atoms with van der Waals surface area (Å²) in [5.41, 5.74) is 4.28. The van der Waals surface area contributed by atoms with Crippen LogP contribution in [0, 0.1) is 13.8 Å². The van der Waals surface area contributed by atoms with Crippen LogP contribution in [-0.2, 0) is 19.5 Å². The van der Waals surface area contributed by atoms with E-state index in [1.54, 1.807) is 24.8 Å². The van der Waals surface area contributed by atoms with E-state index < -0.39 is 0 Å². The van der Waals surface area contributed by atoms with Crippen LogP contribution in [0.15, 0.2) is 71.0 Å². The van der Waals surface area contributed by atoms with Gasteiger partial charge in [-0.25, -0.2) is 0 Å². The first-order valence-corrected chi connectivity index (χ1v) is 8.92. The number of benzene rings is 2. The van der Waals surface area contributed by atoms with E-state index in [2.05, 4.69) is 45.2 Å². The standard InChI is InChI=1S/2C10H9N2S.Zn/c2*1-7-3-2-4-8(9(7)13)10-11-5-6-12-10;/h2*2-6H,1H3,(H-,11,12,13);/q2*-1;+2. The number of aromatic nitrogens is 4. The summed E-state index contributed by atoms with van der Waals surface area (Å²) >= 11 is 8.84. The summed E-state index contributed by atoms with van der Waals surface area (Å²) in [5, 5.41) is 0. The van der Waals surface area contributed by atoms with Crippen LogP contribution in [0.4, 0.5) is 0 Å². The Bertz CT molecular complexity index is 902. The molecule has 0 amide bonds. The molecule has 0 saturated heterocycles. The third kappa shape index (κ3) is 5.13. The predicted octanol–water partition coefficient (Wildman–Crippen LogP) is 4.60. The number of imidazole rings is 2. The smallest absolute Gasteiger partial charge is 0.442 e. The van der Waals surface area contributed by atoms with Crippen LogP contribution in [0.25, 0.3) is 22.8 Å². The van der Waals surface area contributed by atoms with Gasteiger partial charge in [-0.05, 0) is 36.1 Å². The summed E-state index contributed by atoms with van der Waals surface area (Å²) in [6, 6.07) is 12.0. The van der Waals surface area contributed by atoms with Gasteiger partial charge in [-0.15, -0.1) is 25.3 Å². The SMILES string of the molecule is Cc1cccc(-c2ncc[n-]2)c1S.Cc1cccc(-c2ncc[n-]2)c1S.[Zn+2]. The number of hydrogen-bond acceptors (Lipinski definition) is 4. The number of nitrogens with zero attached hydrogens (tertiary/aromatic N) is 4. The zero-order chi connectivity index (χ0) is 18.5. The van der Waals surface area contributed by atoms with Crippen LogP contribution < -0.4 is 9.97 Å². The monoisotopic (exact) mass is 442 g/mol. The molecule has 0 saturated carbocycles. The minimum Gasteiger partial charge on any atom is -0.442 e. The Labute approximate surface area is 182 Å². The van der Waals surface area contributed by atoms with Crippen LogP contribution in [0.1, 0.15) is 11.1 Å². The van der Waals surface area contributed by atoms with Gasteiger partial charge in [-0.2, -0.15) is 0 Å². The van der Waals surface area contributed by atoms with Gasteiger partial charge in [0, 0.05) is 9.79 Å². The van der Waals surface area contributed by atoms with E-state index in [1.807, 2.05) is 50.2 Å². The van der Waals surface area contributed by atoms with E-state index in [0.717, 1.165) is 43.7 Å². The fourth-order valence-electron chi connectivity index (χ4n) is 2.44. The second-order valence-electron chi connectivity index (χ2n) is 5.70. The van der Waals surface area contributed by atoms with Gasteiger partial charge in [0.25, 0.3) is 0 Å². The molecule has 2 aromatic carbocycles. The first kappa shape index (κ1) is 21.5. The summed E-state index contributed by atoms with van der Waals surface area (Å²) in [4.78, 5) is 18.4. The summed E-state index contributed by atoms with van der Waals surface area (Å²) in [5.74, 6) is 1.49. The normalized spacial score (nSPS) is 9.93. The summed E-state index contributed by atoms with van der Waals surface area (Å²) < 4.78 is 0. The number of rotatable bonds is 2. The molecule has 0 unspecified atom stereocenters. The molecule has 0 bridgehead atoms. The van der Waals surface area contributed by atoms with E-state index in [0.29, 0.717) is 0 Å². The van der Waals surface area contributed by atoms with E-state index in [1.165, 1.54) is 0 Å². The molecule has 2 aromatic heterocycles. The minimum atomic E-state index is 0. The van der Waals surface area contributed by atoms with Crippen LogP contribution in [0.3, 0.4) is 0 Å². The van der Waals surface area contributed by atoms with Crippen molar-refractivity contribution in [3.63, 3.8) is 0 Å². The molecule has 4 aromatic rings. The van der Waals surface area contributed by atoms with Gasteiger partial charge in [0.1, 0.15) is 0 Å². The van der Waals surface area contributed by atoms with Crippen molar-refractivity contribution in [2.24, 2.45) is 0 Å². The summed E-state index contributed by atoms with van der Waals surface area (Å²) in [6.45, 7) is 4.05. The Kier molecular flexibility index (Phi) is 7.90. The Morgan fingerprint density at radius 1 is 0.704 bits per heavy atom. The molecule has 132 valence electrons. The Morgan fingerprint density at radius 2 is 1.11 bits per heavy atom. The average Bonchev–Trinajstić information content (AvgIpc) is 3.34. The minimum absolute atomic E-state index is 0. The first-order valence-electron chi connectivity index (χ1n) is 8.03. The van der Waals surface area contributed by atoms with E-state index in [4.69, 9.17) is 0 Å². The molecule has 0 aliphatic rings. The maximum Gasteiger partial charge on any atom is 2.00 e. The van der Waals surface area contributed by atoms with Gasteiger partial charge in [-0.3, -0.25) is 0 Å². The van der Waals surface area contributed by atoms with Crippen LogP contribution in [0.2, 0.25) is 0 Å². The van der Waals surface area contributed by atoms with E-state index in [9.17, 15) is 0 Å². The second kappa shape index (κ2) is 9.93. The number of aryl methyl sites for hydroxylation is 2. The van der Waals surface area contributed by atoms with Gasteiger partial charge in [0.2, 0.25) is 0 Å². The predicted molar refractivity (Wildman–Crippen MR) is 110 cm³/mol. The quantitative estimate of drug-likeness (QED) is 0.351. The van der Waals surface area contributed by atoms with Crippen LogP contribution in [0.5, 0.6) is 0 Å². The maximum absolute atomic E-state index is 4.42.